The quantitative estimate of drug-likeness (QED) is 0.751. The first-order valence-electron chi connectivity index (χ1n) is 7.85. The number of ether oxygens (including phenoxy) is 1. The standard InChI is InChI=1S/C19H18FN3O2/c1-25-18(14-5-3-2-4-6-14)13-21-19(24)17-11-12-23(22-17)16-9-7-15(20)8-10-16/h2-12,18H,13H2,1H3,(H,21,24). The minimum Gasteiger partial charge on any atom is -0.375 e. The zero-order chi connectivity index (χ0) is 17.6. The molecular formula is C19H18FN3O2. The summed E-state index contributed by atoms with van der Waals surface area (Å²) in [5, 5.41) is 7.05. The highest BCUT2D eigenvalue weighted by Gasteiger charge is 2.14. The summed E-state index contributed by atoms with van der Waals surface area (Å²) in [6, 6.07) is 17.2. The topological polar surface area (TPSA) is 56.1 Å². The van der Waals surface area contributed by atoms with Crippen molar-refractivity contribution >= 4 is 5.91 Å². The number of rotatable bonds is 6. The first kappa shape index (κ1) is 16.9. The molecule has 0 aliphatic carbocycles. The van der Waals surface area contributed by atoms with E-state index in [1.165, 1.54) is 16.8 Å². The van der Waals surface area contributed by atoms with E-state index in [0.717, 1.165) is 5.56 Å². The molecule has 1 aromatic heterocycles. The molecule has 1 heterocycles. The predicted molar refractivity (Wildman–Crippen MR) is 92.0 cm³/mol. The number of nitrogens with one attached hydrogen (secondary N) is 1. The zero-order valence-electron chi connectivity index (χ0n) is 13.7. The maximum atomic E-state index is 13.0. The van der Waals surface area contributed by atoms with Crippen LogP contribution < -0.4 is 5.32 Å². The van der Waals surface area contributed by atoms with Crippen LogP contribution in [0.1, 0.15) is 22.2 Å². The van der Waals surface area contributed by atoms with Gasteiger partial charge in [0.25, 0.3) is 5.91 Å². The van der Waals surface area contributed by atoms with E-state index in [2.05, 4.69) is 10.4 Å². The van der Waals surface area contributed by atoms with Crippen molar-refractivity contribution < 1.29 is 13.9 Å². The molecule has 128 valence electrons. The van der Waals surface area contributed by atoms with Gasteiger partial charge in [0.05, 0.1) is 11.8 Å². The lowest BCUT2D eigenvalue weighted by molar-refractivity contribution is 0.0824. The fraction of sp³-hybridized carbons (Fsp3) is 0.158. The van der Waals surface area contributed by atoms with Crippen molar-refractivity contribution in [3.63, 3.8) is 0 Å². The first-order valence-corrected chi connectivity index (χ1v) is 7.85. The Labute approximate surface area is 145 Å². The number of benzene rings is 2. The average molecular weight is 339 g/mol. The third-order valence-corrected chi connectivity index (χ3v) is 3.82. The Kier molecular flexibility index (Phi) is 5.20. The third kappa shape index (κ3) is 4.10. The van der Waals surface area contributed by atoms with Crippen molar-refractivity contribution in [2.45, 2.75) is 6.10 Å². The summed E-state index contributed by atoms with van der Waals surface area (Å²) >= 11 is 0. The minimum absolute atomic E-state index is 0.232. The second-order valence-electron chi connectivity index (χ2n) is 5.47. The number of halogens is 1. The van der Waals surface area contributed by atoms with Gasteiger partial charge in [-0.05, 0) is 35.9 Å². The predicted octanol–water partition coefficient (Wildman–Crippen LogP) is 3.13. The summed E-state index contributed by atoms with van der Waals surface area (Å²) in [7, 11) is 1.60. The van der Waals surface area contributed by atoms with Crippen LogP contribution in [-0.2, 0) is 4.74 Å². The maximum absolute atomic E-state index is 13.0. The van der Waals surface area contributed by atoms with Crippen LogP contribution in [0.25, 0.3) is 5.69 Å². The minimum atomic E-state index is -0.319. The van der Waals surface area contributed by atoms with E-state index in [1.807, 2.05) is 30.3 Å². The van der Waals surface area contributed by atoms with E-state index < -0.39 is 0 Å². The van der Waals surface area contributed by atoms with Crippen LogP contribution >= 0.6 is 0 Å². The Hall–Kier alpha value is -2.99. The average Bonchev–Trinajstić information content (AvgIpc) is 3.14. The lowest BCUT2D eigenvalue weighted by Crippen LogP contribution is -2.29. The molecule has 0 saturated heterocycles. The van der Waals surface area contributed by atoms with Gasteiger partial charge in [-0.1, -0.05) is 30.3 Å². The Morgan fingerprint density at radius 3 is 2.56 bits per heavy atom. The van der Waals surface area contributed by atoms with Gasteiger partial charge >= 0.3 is 0 Å². The molecule has 0 radical (unpaired) electrons. The van der Waals surface area contributed by atoms with E-state index in [0.29, 0.717) is 12.2 Å². The Morgan fingerprint density at radius 2 is 1.88 bits per heavy atom. The Bertz CT molecular complexity index is 831. The van der Waals surface area contributed by atoms with E-state index in [1.54, 1.807) is 31.5 Å². The molecule has 0 fully saturated rings. The Balaban J connectivity index is 1.64. The molecule has 3 aromatic rings. The van der Waals surface area contributed by atoms with Crippen molar-refractivity contribution in [2.24, 2.45) is 0 Å². The molecule has 3 rings (SSSR count). The van der Waals surface area contributed by atoms with Crippen molar-refractivity contribution in [3.8, 4) is 5.69 Å². The van der Waals surface area contributed by atoms with Crippen molar-refractivity contribution in [1.82, 2.24) is 15.1 Å². The molecule has 0 aliphatic rings. The molecular weight excluding hydrogens is 321 g/mol. The van der Waals surface area contributed by atoms with Crippen molar-refractivity contribution in [1.29, 1.82) is 0 Å². The summed E-state index contributed by atoms with van der Waals surface area (Å²) in [5.41, 5.74) is 1.95. The summed E-state index contributed by atoms with van der Waals surface area (Å²) in [5.74, 6) is -0.612. The smallest absolute Gasteiger partial charge is 0.271 e. The van der Waals surface area contributed by atoms with Crippen LogP contribution in [0, 0.1) is 5.82 Å². The molecule has 0 saturated carbocycles. The lowest BCUT2D eigenvalue weighted by atomic mass is 10.1. The molecule has 25 heavy (non-hydrogen) atoms. The van der Waals surface area contributed by atoms with Crippen molar-refractivity contribution in [2.75, 3.05) is 13.7 Å². The van der Waals surface area contributed by atoms with E-state index in [9.17, 15) is 9.18 Å². The van der Waals surface area contributed by atoms with Gasteiger partial charge in [0.2, 0.25) is 0 Å². The van der Waals surface area contributed by atoms with E-state index in [4.69, 9.17) is 4.74 Å². The number of hydrogen-bond acceptors (Lipinski definition) is 3. The second kappa shape index (κ2) is 7.72. The first-order chi connectivity index (χ1) is 12.2. The summed E-state index contributed by atoms with van der Waals surface area (Å²) < 4.78 is 19.9. The molecule has 5 nitrogen and oxygen atoms in total. The normalized spacial score (nSPS) is 11.9. The van der Waals surface area contributed by atoms with E-state index in [-0.39, 0.29) is 23.5 Å². The summed E-state index contributed by atoms with van der Waals surface area (Å²) in [4.78, 5) is 12.3. The number of carbonyl (C=O) groups excluding carboxylic acids is 1. The molecule has 0 aliphatic heterocycles. The molecule has 6 heteroatoms. The van der Waals surface area contributed by atoms with Crippen LogP contribution in [-0.4, -0.2) is 29.3 Å². The third-order valence-electron chi connectivity index (χ3n) is 3.82. The molecule has 1 atom stereocenters. The number of amides is 1. The number of aromatic nitrogens is 2. The van der Waals surface area contributed by atoms with Gasteiger partial charge in [-0.15, -0.1) is 0 Å². The number of carbonyl (C=O) groups is 1. The summed E-state index contributed by atoms with van der Waals surface area (Å²) in [6.07, 6.45) is 1.43. The van der Waals surface area contributed by atoms with Crippen LogP contribution in [0.5, 0.6) is 0 Å². The second-order valence-corrected chi connectivity index (χ2v) is 5.47. The van der Waals surface area contributed by atoms with Gasteiger partial charge in [0.15, 0.2) is 5.69 Å². The zero-order valence-corrected chi connectivity index (χ0v) is 13.7. The van der Waals surface area contributed by atoms with Gasteiger partial charge < -0.3 is 10.1 Å². The number of nitrogens with zero attached hydrogens (tertiary/aromatic N) is 2. The van der Waals surface area contributed by atoms with Gasteiger partial charge in [0, 0.05) is 19.9 Å². The molecule has 2 aromatic carbocycles. The highest BCUT2D eigenvalue weighted by atomic mass is 19.1. The molecule has 0 spiro atoms. The van der Waals surface area contributed by atoms with Crippen LogP contribution in [0.3, 0.4) is 0 Å². The number of hydrogen-bond donors (Lipinski definition) is 1. The fourth-order valence-corrected chi connectivity index (χ4v) is 2.46. The monoisotopic (exact) mass is 339 g/mol. The lowest BCUT2D eigenvalue weighted by Gasteiger charge is -2.16. The van der Waals surface area contributed by atoms with Gasteiger partial charge in [0.1, 0.15) is 5.82 Å². The fourth-order valence-electron chi connectivity index (χ4n) is 2.46. The molecule has 1 amide bonds. The highest BCUT2D eigenvalue weighted by Crippen LogP contribution is 2.15. The SMILES string of the molecule is COC(CNC(=O)c1ccn(-c2ccc(F)cc2)n1)c1ccccc1. The molecule has 1 N–H and O–H groups in total. The maximum Gasteiger partial charge on any atom is 0.271 e. The van der Waals surface area contributed by atoms with E-state index >= 15 is 0 Å². The van der Waals surface area contributed by atoms with Crippen LogP contribution in [0.4, 0.5) is 4.39 Å². The Morgan fingerprint density at radius 1 is 1.16 bits per heavy atom. The highest BCUT2D eigenvalue weighted by molar-refractivity contribution is 5.92. The summed E-state index contributed by atoms with van der Waals surface area (Å²) in [6.45, 7) is 0.336. The van der Waals surface area contributed by atoms with Crippen molar-refractivity contribution in [3.05, 3.63) is 83.9 Å². The van der Waals surface area contributed by atoms with Crippen LogP contribution in [0.15, 0.2) is 66.9 Å². The van der Waals surface area contributed by atoms with Crippen LogP contribution in [0.2, 0.25) is 0 Å². The van der Waals surface area contributed by atoms with Gasteiger partial charge in [-0.25, -0.2) is 9.07 Å². The number of methoxy groups -OCH3 is 1. The molecule has 1 unspecified atom stereocenters. The van der Waals surface area contributed by atoms with Gasteiger partial charge in [-0.3, -0.25) is 4.79 Å². The van der Waals surface area contributed by atoms with Gasteiger partial charge in [-0.2, -0.15) is 5.10 Å². The largest absolute Gasteiger partial charge is 0.375 e. The molecule has 0 bridgehead atoms.